The van der Waals surface area contributed by atoms with Gasteiger partial charge in [-0.3, -0.25) is 0 Å². The Balaban J connectivity index is 4.24. The molecule has 2 nitrogen and oxygen atoms in total. The van der Waals surface area contributed by atoms with Crippen molar-refractivity contribution in [2.75, 3.05) is 0 Å². The summed E-state index contributed by atoms with van der Waals surface area (Å²) < 4.78 is 5.29. The average molecular weight is 197 g/mol. The molecule has 0 aliphatic rings. The number of allylic oxidation sites excluding steroid dienone is 1. The minimum atomic E-state index is -0.00273. The maximum absolute atomic E-state index is 5.89. The molecule has 82 valence electrons. The Morgan fingerprint density at radius 3 is 2.50 bits per heavy atom. The Labute approximate surface area is 87.8 Å². The Morgan fingerprint density at radius 2 is 2.07 bits per heavy atom. The SMILES string of the molecule is C=CO/C(=C\CC(C)CC)[C@H](N)CC. The fourth-order valence-electron chi connectivity index (χ4n) is 1.07. The summed E-state index contributed by atoms with van der Waals surface area (Å²) in [5.41, 5.74) is 5.89. The van der Waals surface area contributed by atoms with Gasteiger partial charge in [0.05, 0.1) is 12.3 Å². The molecule has 0 aromatic carbocycles. The van der Waals surface area contributed by atoms with Gasteiger partial charge in [0.2, 0.25) is 0 Å². The Hall–Kier alpha value is -0.760. The van der Waals surface area contributed by atoms with Crippen molar-refractivity contribution in [1.82, 2.24) is 0 Å². The van der Waals surface area contributed by atoms with E-state index in [2.05, 4.69) is 26.5 Å². The Kier molecular flexibility index (Phi) is 7.21. The van der Waals surface area contributed by atoms with Gasteiger partial charge in [0.1, 0.15) is 5.76 Å². The molecular formula is C12H23NO. The van der Waals surface area contributed by atoms with Crippen LogP contribution in [0.4, 0.5) is 0 Å². The van der Waals surface area contributed by atoms with Gasteiger partial charge in [-0.2, -0.15) is 0 Å². The minimum absolute atomic E-state index is 0.00273. The van der Waals surface area contributed by atoms with Crippen molar-refractivity contribution in [3.8, 4) is 0 Å². The first-order chi connectivity index (χ1) is 6.65. The molecule has 0 bridgehead atoms. The number of nitrogens with two attached hydrogens (primary N) is 1. The predicted octanol–water partition coefficient (Wildman–Crippen LogP) is 3.20. The smallest absolute Gasteiger partial charge is 0.116 e. The highest BCUT2D eigenvalue weighted by atomic mass is 16.5. The zero-order valence-electron chi connectivity index (χ0n) is 9.62. The van der Waals surface area contributed by atoms with Gasteiger partial charge in [-0.1, -0.05) is 33.8 Å². The van der Waals surface area contributed by atoms with E-state index in [-0.39, 0.29) is 6.04 Å². The molecule has 2 N–H and O–H groups in total. The summed E-state index contributed by atoms with van der Waals surface area (Å²) in [5, 5.41) is 0. The highest BCUT2D eigenvalue weighted by Crippen LogP contribution is 2.13. The Bertz CT molecular complexity index is 187. The lowest BCUT2D eigenvalue weighted by molar-refractivity contribution is 0.312. The molecular weight excluding hydrogens is 174 g/mol. The van der Waals surface area contributed by atoms with Crippen molar-refractivity contribution in [3.05, 3.63) is 24.7 Å². The topological polar surface area (TPSA) is 35.2 Å². The fraction of sp³-hybridized carbons (Fsp3) is 0.667. The summed E-state index contributed by atoms with van der Waals surface area (Å²) in [4.78, 5) is 0. The second kappa shape index (κ2) is 7.63. The maximum Gasteiger partial charge on any atom is 0.116 e. The quantitative estimate of drug-likeness (QED) is 0.636. The monoisotopic (exact) mass is 197 g/mol. The van der Waals surface area contributed by atoms with E-state index in [1.54, 1.807) is 0 Å². The molecule has 0 aromatic rings. The van der Waals surface area contributed by atoms with Crippen molar-refractivity contribution in [2.45, 2.75) is 46.1 Å². The summed E-state index contributed by atoms with van der Waals surface area (Å²) in [6.07, 6.45) is 6.62. The highest BCUT2D eigenvalue weighted by Gasteiger charge is 2.07. The fourth-order valence-corrected chi connectivity index (χ4v) is 1.07. The molecule has 0 spiro atoms. The lowest BCUT2D eigenvalue weighted by Gasteiger charge is -2.14. The van der Waals surface area contributed by atoms with Crippen LogP contribution in [0.1, 0.15) is 40.0 Å². The second-order valence-electron chi connectivity index (χ2n) is 3.65. The van der Waals surface area contributed by atoms with E-state index in [0.717, 1.165) is 18.6 Å². The lowest BCUT2D eigenvalue weighted by Crippen LogP contribution is -2.22. The van der Waals surface area contributed by atoms with Crippen LogP contribution in [0.2, 0.25) is 0 Å². The molecule has 1 unspecified atom stereocenters. The van der Waals surface area contributed by atoms with Gasteiger partial charge in [-0.05, 0) is 24.8 Å². The molecule has 0 saturated heterocycles. The van der Waals surface area contributed by atoms with Gasteiger partial charge < -0.3 is 10.5 Å². The molecule has 2 heteroatoms. The first-order valence-corrected chi connectivity index (χ1v) is 5.38. The van der Waals surface area contributed by atoms with Gasteiger partial charge in [0.15, 0.2) is 0 Å². The third-order valence-electron chi connectivity index (χ3n) is 2.44. The van der Waals surface area contributed by atoms with Crippen LogP contribution in [0, 0.1) is 5.92 Å². The second-order valence-corrected chi connectivity index (χ2v) is 3.65. The lowest BCUT2D eigenvalue weighted by atomic mass is 10.0. The van der Waals surface area contributed by atoms with E-state index in [1.807, 2.05) is 6.92 Å². The van der Waals surface area contributed by atoms with E-state index < -0.39 is 0 Å². The number of hydrogen-bond donors (Lipinski definition) is 1. The normalized spacial score (nSPS) is 16.1. The largest absolute Gasteiger partial charge is 0.469 e. The van der Waals surface area contributed by atoms with Crippen molar-refractivity contribution < 1.29 is 4.74 Å². The molecule has 0 saturated carbocycles. The van der Waals surface area contributed by atoms with Crippen molar-refractivity contribution >= 4 is 0 Å². The van der Waals surface area contributed by atoms with Crippen LogP contribution in [0.3, 0.4) is 0 Å². The molecule has 0 aliphatic heterocycles. The van der Waals surface area contributed by atoms with Crippen LogP contribution in [-0.2, 0) is 4.74 Å². The molecule has 0 aliphatic carbocycles. The number of hydrogen-bond acceptors (Lipinski definition) is 2. The zero-order valence-corrected chi connectivity index (χ0v) is 9.62. The van der Waals surface area contributed by atoms with Gasteiger partial charge >= 0.3 is 0 Å². The molecule has 2 atom stereocenters. The first kappa shape index (κ1) is 13.2. The van der Waals surface area contributed by atoms with Gasteiger partial charge in [-0.25, -0.2) is 0 Å². The molecule has 0 radical (unpaired) electrons. The summed E-state index contributed by atoms with van der Waals surface area (Å²) in [5.74, 6) is 1.53. The van der Waals surface area contributed by atoms with Gasteiger partial charge in [-0.15, -0.1) is 0 Å². The number of rotatable bonds is 7. The van der Waals surface area contributed by atoms with Crippen molar-refractivity contribution in [3.63, 3.8) is 0 Å². The molecule has 0 rings (SSSR count). The minimum Gasteiger partial charge on any atom is -0.469 e. The van der Waals surface area contributed by atoms with Crippen LogP contribution < -0.4 is 5.73 Å². The van der Waals surface area contributed by atoms with E-state index in [1.165, 1.54) is 12.7 Å². The molecule has 0 fully saturated rings. The zero-order chi connectivity index (χ0) is 11.0. The standard InChI is InChI=1S/C12H23NO/c1-5-10(4)8-9-12(14-7-3)11(13)6-2/h7,9-11H,3,5-6,8,13H2,1-2,4H3/b12-9-/t10?,11-/m1/s1. The highest BCUT2D eigenvalue weighted by molar-refractivity contribution is 5.03. The van der Waals surface area contributed by atoms with Crippen LogP contribution in [0.25, 0.3) is 0 Å². The number of ether oxygens (including phenoxy) is 1. The first-order valence-electron chi connectivity index (χ1n) is 5.38. The summed E-state index contributed by atoms with van der Waals surface area (Å²) in [6, 6.07) is -0.00273. The van der Waals surface area contributed by atoms with E-state index in [9.17, 15) is 0 Å². The average Bonchev–Trinajstić information content (AvgIpc) is 2.22. The predicted molar refractivity (Wildman–Crippen MR) is 61.7 cm³/mol. The maximum atomic E-state index is 5.89. The summed E-state index contributed by atoms with van der Waals surface area (Å²) in [7, 11) is 0. The van der Waals surface area contributed by atoms with Crippen molar-refractivity contribution in [2.24, 2.45) is 11.7 Å². The van der Waals surface area contributed by atoms with Crippen LogP contribution in [-0.4, -0.2) is 6.04 Å². The third kappa shape index (κ3) is 5.07. The molecule has 0 amide bonds. The molecule has 0 heterocycles. The molecule has 0 aromatic heterocycles. The molecule has 14 heavy (non-hydrogen) atoms. The van der Waals surface area contributed by atoms with Crippen LogP contribution in [0.15, 0.2) is 24.7 Å². The van der Waals surface area contributed by atoms with Gasteiger partial charge in [0.25, 0.3) is 0 Å². The van der Waals surface area contributed by atoms with E-state index in [4.69, 9.17) is 10.5 Å². The van der Waals surface area contributed by atoms with Crippen LogP contribution in [0.5, 0.6) is 0 Å². The van der Waals surface area contributed by atoms with Crippen LogP contribution >= 0.6 is 0 Å². The third-order valence-corrected chi connectivity index (χ3v) is 2.44. The van der Waals surface area contributed by atoms with Crippen molar-refractivity contribution in [1.29, 1.82) is 0 Å². The van der Waals surface area contributed by atoms with E-state index in [0.29, 0.717) is 5.92 Å². The van der Waals surface area contributed by atoms with Gasteiger partial charge in [0, 0.05) is 0 Å². The summed E-state index contributed by atoms with van der Waals surface area (Å²) >= 11 is 0. The Morgan fingerprint density at radius 1 is 1.43 bits per heavy atom. The van der Waals surface area contributed by atoms with E-state index >= 15 is 0 Å². The summed E-state index contributed by atoms with van der Waals surface area (Å²) in [6.45, 7) is 10.0.